The van der Waals surface area contributed by atoms with E-state index in [2.05, 4.69) is 4.74 Å². The molecule has 0 N–H and O–H groups in total. The van der Waals surface area contributed by atoms with Crippen molar-refractivity contribution >= 4 is 23.5 Å². The first kappa shape index (κ1) is 17.6. The highest BCUT2D eigenvalue weighted by Gasteiger charge is 2.27. The second kappa shape index (κ2) is 8.77. The molecule has 126 valence electrons. The summed E-state index contributed by atoms with van der Waals surface area (Å²) in [5.74, 6) is 0.0513. The van der Waals surface area contributed by atoms with Crippen LogP contribution in [0.4, 0.5) is 0 Å². The van der Waals surface area contributed by atoms with Crippen LogP contribution in [0.5, 0.6) is 5.75 Å². The Balaban J connectivity index is 1.95. The lowest BCUT2D eigenvalue weighted by molar-refractivity contribution is -0.142. The number of hydrogen-bond donors (Lipinski definition) is 0. The summed E-state index contributed by atoms with van der Waals surface area (Å²) in [4.78, 5) is 25.6. The number of halogens is 1. The molecule has 0 atom stereocenters. The fraction of sp³-hybridized carbons (Fsp3) is 0.529. The van der Waals surface area contributed by atoms with Crippen molar-refractivity contribution in [2.24, 2.45) is 0 Å². The lowest BCUT2D eigenvalue weighted by Crippen LogP contribution is -2.42. The van der Waals surface area contributed by atoms with Crippen LogP contribution >= 0.6 is 11.6 Å². The van der Waals surface area contributed by atoms with E-state index in [1.807, 2.05) is 0 Å². The monoisotopic (exact) mass is 339 g/mol. The molecule has 1 aromatic rings. The van der Waals surface area contributed by atoms with Crippen LogP contribution in [-0.4, -0.2) is 43.1 Å². The molecule has 1 aliphatic rings. The smallest absolute Gasteiger partial charge is 0.307 e. The number of amides is 1. The van der Waals surface area contributed by atoms with Crippen LogP contribution in [0, 0.1) is 0 Å². The summed E-state index contributed by atoms with van der Waals surface area (Å²) in [6.45, 7) is 0.281. The van der Waals surface area contributed by atoms with Gasteiger partial charge >= 0.3 is 5.97 Å². The van der Waals surface area contributed by atoms with E-state index in [9.17, 15) is 9.59 Å². The average Bonchev–Trinajstić information content (AvgIpc) is 3.08. The van der Waals surface area contributed by atoms with Crippen LogP contribution in [0.1, 0.15) is 32.1 Å². The Morgan fingerprint density at radius 2 is 1.96 bits per heavy atom. The van der Waals surface area contributed by atoms with E-state index in [0.717, 1.165) is 25.7 Å². The second-order valence-corrected chi connectivity index (χ2v) is 5.98. The predicted molar refractivity (Wildman–Crippen MR) is 87.5 cm³/mol. The van der Waals surface area contributed by atoms with Gasteiger partial charge in [-0.25, -0.2) is 0 Å². The third-order valence-electron chi connectivity index (χ3n) is 4.06. The summed E-state index contributed by atoms with van der Waals surface area (Å²) in [5, 5.41) is 0.474. The number of benzene rings is 1. The number of hydrogen-bond acceptors (Lipinski definition) is 4. The van der Waals surface area contributed by atoms with Crippen molar-refractivity contribution in [1.29, 1.82) is 0 Å². The first-order valence-corrected chi connectivity index (χ1v) is 8.23. The fourth-order valence-corrected chi connectivity index (χ4v) is 3.02. The SMILES string of the molecule is COC(=O)CCN(C(=O)COc1ccccc1Cl)C1CCCC1. The first-order chi connectivity index (χ1) is 11.1. The molecule has 0 unspecified atom stereocenters. The molecule has 6 heteroatoms. The Labute approximate surface area is 141 Å². The number of nitrogens with zero attached hydrogens (tertiary/aromatic N) is 1. The van der Waals surface area contributed by atoms with E-state index >= 15 is 0 Å². The highest BCUT2D eigenvalue weighted by atomic mass is 35.5. The van der Waals surface area contributed by atoms with Crippen LogP contribution in [0.25, 0.3) is 0 Å². The molecule has 0 radical (unpaired) electrons. The zero-order chi connectivity index (χ0) is 16.7. The molecule has 0 aromatic heterocycles. The quantitative estimate of drug-likeness (QED) is 0.716. The Bertz CT molecular complexity index is 543. The van der Waals surface area contributed by atoms with Crippen molar-refractivity contribution < 1.29 is 19.1 Å². The molecule has 0 heterocycles. The molecule has 2 rings (SSSR count). The summed E-state index contributed by atoms with van der Waals surface area (Å²) >= 11 is 6.02. The summed E-state index contributed by atoms with van der Waals surface area (Å²) < 4.78 is 10.2. The zero-order valence-corrected chi connectivity index (χ0v) is 14.1. The van der Waals surface area contributed by atoms with Gasteiger partial charge in [-0.3, -0.25) is 9.59 Å². The van der Waals surface area contributed by atoms with Gasteiger partial charge in [0.05, 0.1) is 18.6 Å². The molecule has 1 amide bonds. The lowest BCUT2D eigenvalue weighted by Gasteiger charge is -2.28. The molecule has 0 spiro atoms. The maximum absolute atomic E-state index is 12.5. The molecule has 23 heavy (non-hydrogen) atoms. The number of methoxy groups -OCH3 is 1. The summed E-state index contributed by atoms with van der Waals surface area (Å²) in [5.41, 5.74) is 0. The highest BCUT2D eigenvalue weighted by Crippen LogP contribution is 2.25. The number of para-hydroxylation sites is 1. The van der Waals surface area contributed by atoms with Gasteiger partial charge in [0.1, 0.15) is 5.75 Å². The number of esters is 1. The first-order valence-electron chi connectivity index (χ1n) is 7.85. The van der Waals surface area contributed by atoms with E-state index in [1.54, 1.807) is 29.2 Å². The number of carbonyl (C=O) groups is 2. The standard InChI is InChI=1S/C17H22ClNO4/c1-22-17(21)10-11-19(13-6-2-3-7-13)16(20)12-23-15-9-5-4-8-14(15)18/h4-5,8-9,13H,2-3,6-7,10-12H2,1H3. The maximum Gasteiger partial charge on any atom is 0.307 e. The Kier molecular flexibility index (Phi) is 6.71. The minimum atomic E-state index is -0.312. The third kappa shape index (κ3) is 5.13. The topological polar surface area (TPSA) is 55.8 Å². The molecule has 0 aliphatic heterocycles. The summed E-state index contributed by atoms with van der Waals surface area (Å²) in [6, 6.07) is 7.23. The molecule has 1 fully saturated rings. The average molecular weight is 340 g/mol. The fourth-order valence-electron chi connectivity index (χ4n) is 2.82. The minimum Gasteiger partial charge on any atom is -0.482 e. The molecule has 0 saturated heterocycles. The van der Waals surface area contributed by atoms with Gasteiger partial charge < -0.3 is 14.4 Å². The van der Waals surface area contributed by atoms with Gasteiger partial charge in [-0.2, -0.15) is 0 Å². The van der Waals surface area contributed by atoms with Gasteiger partial charge in [-0.15, -0.1) is 0 Å². The van der Waals surface area contributed by atoms with E-state index < -0.39 is 0 Å². The number of ether oxygens (including phenoxy) is 2. The van der Waals surface area contributed by atoms with E-state index in [-0.39, 0.29) is 30.9 Å². The van der Waals surface area contributed by atoms with Gasteiger partial charge in [0.15, 0.2) is 6.61 Å². The molecule has 1 aromatic carbocycles. The molecule has 1 saturated carbocycles. The van der Waals surface area contributed by atoms with E-state index in [4.69, 9.17) is 16.3 Å². The Morgan fingerprint density at radius 1 is 1.26 bits per heavy atom. The zero-order valence-electron chi connectivity index (χ0n) is 13.3. The van der Waals surface area contributed by atoms with E-state index in [1.165, 1.54) is 7.11 Å². The van der Waals surface area contributed by atoms with Crippen LogP contribution in [0.15, 0.2) is 24.3 Å². The van der Waals surface area contributed by atoms with Crippen molar-refractivity contribution in [2.75, 3.05) is 20.3 Å². The molecule has 0 bridgehead atoms. The van der Waals surface area contributed by atoms with Gasteiger partial charge in [0.2, 0.25) is 0 Å². The third-order valence-corrected chi connectivity index (χ3v) is 4.37. The Morgan fingerprint density at radius 3 is 2.61 bits per heavy atom. The number of carbonyl (C=O) groups excluding carboxylic acids is 2. The molecule has 1 aliphatic carbocycles. The van der Waals surface area contributed by atoms with Crippen LogP contribution < -0.4 is 4.74 Å². The maximum atomic E-state index is 12.5. The van der Waals surface area contributed by atoms with Crippen molar-refractivity contribution in [3.8, 4) is 5.75 Å². The Hall–Kier alpha value is -1.75. The molecule has 5 nitrogen and oxygen atoms in total. The second-order valence-electron chi connectivity index (χ2n) is 5.57. The molecular weight excluding hydrogens is 318 g/mol. The van der Waals surface area contributed by atoms with Crippen molar-refractivity contribution in [3.05, 3.63) is 29.3 Å². The van der Waals surface area contributed by atoms with Crippen molar-refractivity contribution in [2.45, 2.75) is 38.1 Å². The van der Waals surface area contributed by atoms with E-state index in [0.29, 0.717) is 17.3 Å². The normalized spacial score (nSPS) is 14.5. The highest BCUT2D eigenvalue weighted by molar-refractivity contribution is 6.32. The van der Waals surface area contributed by atoms with Crippen LogP contribution in [0.2, 0.25) is 5.02 Å². The number of rotatable bonds is 7. The van der Waals surface area contributed by atoms with Crippen molar-refractivity contribution in [3.63, 3.8) is 0 Å². The minimum absolute atomic E-state index is 0.0819. The van der Waals surface area contributed by atoms with Gasteiger partial charge in [0.25, 0.3) is 5.91 Å². The predicted octanol–water partition coefficient (Wildman–Crippen LogP) is 3.05. The van der Waals surface area contributed by atoms with Gasteiger partial charge in [-0.05, 0) is 25.0 Å². The summed E-state index contributed by atoms with van der Waals surface area (Å²) in [6.07, 6.45) is 4.36. The van der Waals surface area contributed by atoms with Crippen LogP contribution in [0.3, 0.4) is 0 Å². The largest absolute Gasteiger partial charge is 0.482 e. The van der Waals surface area contributed by atoms with Crippen molar-refractivity contribution in [1.82, 2.24) is 4.90 Å². The van der Waals surface area contributed by atoms with Gasteiger partial charge in [0, 0.05) is 12.6 Å². The van der Waals surface area contributed by atoms with Crippen LogP contribution in [-0.2, 0) is 14.3 Å². The lowest BCUT2D eigenvalue weighted by atomic mass is 10.2. The summed E-state index contributed by atoms with van der Waals surface area (Å²) in [7, 11) is 1.35. The van der Waals surface area contributed by atoms with Gasteiger partial charge in [-0.1, -0.05) is 36.6 Å². The molecular formula is C17H22ClNO4.